The first-order valence-corrected chi connectivity index (χ1v) is 20.3. The van der Waals surface area contributed by atoms with Crippen LogP contribution in [0.5, 0.6) is 0 Å². The minimum Gasteiger partial charge on any atom is -0.423 e. The quantitative estimate of drug-likeness (QED) is 0.108. The molecule has 0 spiro atoms. The lowest BCUT2D eigenvalue weighted by atomic mass is 9.95. The standard InChI is InChI=1S/C38H45N4O7PS/c1-30-20-22-32(23-21-30)25-35(29-48-50(43,46-27-33-15-7-3-8-16-33)47-28-34-17-9-4-10-18-34)41-51(44,45)42-24-12-11-19-36(42)38-40-39-37(49-38)26-31-13-5-2-6-14-31/h2-10,13-18,20,22-23,30,35-36,41H,11-12,19,21,24-29H2,1H3/t30?,35-,36+/m1/s1. The maximum absolute atomic E-state index is 14.2. The van der Waals surface area contributed by atoms with Crippen LogP contribution in [0.4, 0.5) is 0 Å². The summed E-state index contributed by atoms with van der Waals surface area (Å²) in [6.07, 6.45) is 9.83. The van der Waals surface area contributed by atoms with Gasteiger partial charge in [-0.3, -0.25) is 13.6 Å². The van der Waals surface area contributed by atoms with Crippen LogP contribution in [0, 0.1) is 5.92 Å². The van der Waals surface area contributed by atoms with Crippen molar-refractivity contribution < 1.29 is 31.0 Å². The van der Waals surface area contributed by atoms with E-state index in [0.29, 0.717) is 37.5 Å². The van der Waals surface area contributed by atoms with E-state index in [-0.39, 0.29) is 32.3 Å². The lowest BCUT2D eigenvalue weighted by molar-refractivity contribution is 0.0965. The van der Waals surface area contributed by atoms with Crippen LogP contribution in [-0.4, -0.2) is 42.1 Å². The molecule has 3 atom stereocenters. The van der Waals surface area contributed by atoms with Gasteiger partial charge in [-0.25, -0.2) is 4.57 Å². The molecule has 0 bridgehead atoms. The van der Waals surface area contributed by atoms with Crippen molar-refractivity contribution in [3.8, 4) is 0 Å². The number of nitrogens with zero attached hydrogens (tertiary/aromatic N) is 3. The zero-order valence-corrected chi connectivity index (χ0v) is 30.5. The highest BCUT2D eigenvalue weighted by molar-refractivity contribution is 7.87. The summed E-state index contributed by atoms with van der Waals surface area (Å²) in [6.45, 7) is 2.11. The molecule has 0 radical (unpaired) electrons. The van der Waals surface area contributed by atoms with E-state index in [4.69, 9.17) is 18.0 Å². The third-order valence-corrected chi connectivity index (χ3v) is 11.9. The molecule has 2 aliphatic rings. The van der Waals surface area contributed by atoms with Gasteiger partial charge in [0.05, 0.1) is 32.3 Å². The Labute approximate surface area is 300 Å². The average molecular weight is 733 g/mol. The lowest BCUT2D eigenvalue weighted by Gasteiger charge is -2.34. The van der Waals surface area contributed by atoms with Crippen LogP contribution < -0.4 is 4.72 Å². The summed E-state index contributed by atoms with van der Waals surface area (Å²) in [4.78, 5) is 0. The van der Waals surface area contributed by atoms with E-state index in [1.807, 2.05) is 97.1 Å². The Kier molecular flexibility index (Phi) is 12.8. The molecular weight excluding hydrogens is 687 g/mol. The molecule has 4 aromatic rings. The Morgan fingerprint density at radius 1 is 0.882 bits per heavy atom. The average Bonchev–Trinajstić information content (AvgIpc) is 3.63. The molecule has 1 aromatic heterocycles. The first kappa shape index (κ1) is 37.0. The monoisotopic (exact) mass is 732 g/mol. The predicted molar refractivity (Wildman–Crippen MR) is 194 cm³/mol. The fourth-order valence-electron chi connectivity index (χ4n) is 6.05. The number of piperidine rings is 1. The van der Waals surface area contributed by atoms with Gasteiger partial charge < -0.3 is 4.42 Å². The van der Waals surface area contributed by atoms with Crippen molar-refractivity contribution in [1.82, 2.24) is 19.2 Å². The van der Waals surface area contributed by atoms with Crippen molar-refractivity contribution in [1.29, 1.82) is 0 Å². The summed E-state index contributed by atoms with van der Waals surface area (Å²) < 4.78 is 70.5. The van der Waals surface area contributed by atoms with Crippen LogP contribution in [0.2, 0.25) is 0 Å². The van der Waals surface area contributed by atoms with Gasteiger partial charge in [-0.15, -0.1) is 10.2 Å². The summed E-state index contributed by atoms with van der Waals surface area (Å²) in [5.41, 5.74) is 3.55. The van der Waals surface area contributed by atoms with Gasteiger partial charge in [0.15, 0.2) is 0 Å². The minimum absolute atomic E-state index is 0.0129. The number of hydrogen-bond acceptors (Lipinski definition) is 9. The highest BCUT2D eigenvalue weighted by Gasteiger charge is 2.38. The van der Waals surface area contributed by atoms with Gasteiger partial charge in [-0.2, -0.15) is 17.4 Å². The second kappa shape index (κ2) is 17.7. The summed E-state index contributed by atoms with van der Waals surface area (Å²) in [6, 6.07) is 27.0. The molecule has 270 valence electrons. The summed E-state index contributed by atoms with van der Waals surface area (Å²) in [7, 11) is -8.29. The second-order valence-electron chi connectivity index (χ2n) is 13.0. The van der Waals surface area contributed by atoms with Gasteiger partial charge in [-0.1, -0.05) is 128 Å². The molecule has 0 amide bonds. The third kappa shape index (κ3) is 10.9. The van der Waals surface area contributed by atoms with Crippen LogP contribution in [0.25, 0.3) is 0 Å². The second-order valence-corrected chi connectivity index (χ2v) is 16.3. The zero-order valence-electron chi connectivity index (χ0n) is 28.8. The van der Waals surface area contributed by atoms with E-state index < -0.39 is 30.1 Å². The number of nitrogens with one attached hydrogen (secondary N) is 1. The van der Waals surface area contributed by atoms with Gasteiger partial charge >= 0.3 is 7.82 Å². The Morgan fingerprint density at radius 3 is 2.12 bits per heavy atom. The first-order chi connectivity index (χ1) is 24.7. The van der Waals surface area contributed by atoms with Crippen molar-refractivity contribution in [3.63, 3.8) is 0 Å². The maximum Gasteiger partial charge on any atom is 0.475 e. The van der Waals surface area contributed by atoms with Gasteiger partial charge in [0, 0.05) is 6.54 Å². The molecule has 1 saturated heterocycles. The Morgan fingerprint density at radius 2 is 1.51 bits per heavy atom. The molecule has 3 aromatic carbocycles. The molecule has 6 rings (SSSR count). The Hall–Kier alpha value is -3.74. The summed E-state index contributed by atoms with van der Waals surface area (Å²) in [5, 5.41) is 8.51. The van der Waals surface area contributed by atoms with Crippen molar-refractivity contribution >= 4 is 18.0 Å². The largest absolute Gasteiger partial charge is 0.475 e. The molecule has 2 heterocycles. The molecule has 1 aliphatic carbocycles. The summed E-state index contributed by atoms with van der Waals surface area (Å²) >= 11 is 0. The number of phosphoric acid groups is 1. The fraction of sp³-hybridized carbons (Fsp3) is 0.368. The van der Waals surface area contributed by atoms with E-state index in [1.54, 1.807) is 0 Å². The molecular formula is C38H45N4O7PS. The normalized spacial score (nSPS) is 19.1. The Balaban J connectivity index is 1.20. The fourth-order valence-corrected chi connectivity index (χ4v) is 8.86. The van der Waals surface area contributed by atoms with Gasteiger partial charge in [0.25, 0.3) is 10.2 Å². The topological polar surface area (TPSA) is 133 Å². The third-order valence-electron chi connectivity index (χ3n) is 8.81. The van der Waals surface area contributed by atoms with E-state index in [0.717, 1.165) is 35.1 Å². The van der Waals surface area contributed by atoms with Gasteiger partial charge in [0.2, 0.25) is 11.8 Å². The maximum atomic E-state index is 14.2. The number of phosphoric ester groups is 1. The molecule has 51 heavy (non-hydrogen) atoms. The van der Waals surface area contributed by atoms with Crippen LogP contribution in [0.3, 0.4) is 0 Å². The minimum atomic E-state index is -4.17. The van der Waals surface area contributed by atoms with Crippen LogP contribution in [-0.2, 0) is 48.0 Å². The van der Waals surface area contributed by atoms with Crippen LogP contribution in [0.1, 0.15) is 73.5 Å². The van der Waals surface area contributed by atoms with Crippen LogP contribution in [0.15, 0.2) is 119 Å². The number of benzene rings is 3. The van der Waals surface area contributed by atoms with E-state index in [2.05, 4.69) is 34.0 Å². The van der Waals surface area contributed by atoms with E-state index >= 15 is 0 Å². The molecule has 11 nitrogen and oxygen atoms in total. The number of hydrogen-bond donors (Lipinski definition) is 1. The van der Waals surface area contributed by atoms with Crippen molar-refractivity contribution in [3.05, 3.63) is 143 Å². The van der Waals surface area contributed by atoms with Crippen molar-refractivity contribution in [2.24, 2.45) is 5.92 Å². The Bertz CT molecular complexity index is 1860. The smallest absolute Gasteiger partial charge is 0.423 e. The SMILES string of the molecule is CC1C=CC(C[C@H](COP(=O)(OCc2ccccc2)OCc2ccccc2)NS(=O)(=O)N2CCCC[C@H]2c2nnc(Cc3ccccc3)o2)=CC1. The van der Waals surface area contributed by atoms with Crippen molar-refractivity contribution in [2.75, 3.05) is 13.2 Å². The molecule has 1 unspecified atom stereocenters. The van der Waals surface area contributed by atoms with Gasteiger partial charge in [-0.05, 0) is 48.3 Å². The van der Waals surface area contributed by atoms with Gasteiger partial charge in [0.1, 0.15) is 6.04 Å². The lowest BCUT2D eigenvalue weighted by Crippen LogP contribution is -2.49. The zero-order chi connectivity index (χ0) is 35.5. The molecule has 1 N–H and O–H groups in total. The number of aromatic nitrogens is 2. The van der Waals surface area contributed by atoms with E-state index in [9.17, 15) is 13.0 Å². The summed E-state index contributed by atoms with van der Waals surface area (Å²) in [5.74, 6) is 1.07. The first-order valence-electron chi connectivity index (χ1n) is 17.4. The number of rotatable bonds is 17. The van der Waals surface area contributed by atoms with Crippen molar-refractivity contribution in [2.45, 2.75) is 70.7 Å². The highest BCUT2D eigenvalue weighted by Crippen LogP contribution is 2.51. The molecule has 1 aliphatic heterocycles. The van der Waals surface area contributed by atoms with E-state index in [1.165, 1.54) is 4.31 Å². The molecule has 1 fully saturated rings. The highest BCUT2D eigenvalue weighted by atomic mass is 32.2. The predicted octanol–water partition coefficient (Wildman–Crippen LogP) is 7.86. The van der Waals surface area contributed by atoms with Crippen LogP contribution >= 0.6 is 7.82 Å². The number of allylic oxidation sites excluding steroid dienone is 3. The molecule has 13 heteroatoms. The molecule has 0 saturated carbocycles.